The van der Waals surface area contributed by atoms with Gasteiger partial charge in [-0.2, -0.15) is 4.39 Å². The van der Waals surface area contributed by atoms with E-state index in [-0.39, 0.29) is 0 Å². The normalized spacial score (nSPS) is 16.7. The van der Waals surface area contributed by atoms with E-state index in [0.717, 1.165) is 0 Å². The van der Waals surface area contributed by atoms with Crippen LogP contribution in [-0.2, 0) is 0 Å². The van der Waals surface area contributed by atoms with Crippen LogP contribution in [0, 0.1) is 0 Å². The number of hydrogen-bond acceptors (Lipinski definition) is 2. The molecule has 0 aromatic carbocycles. The van der Waals surface area contributed by atoms with Crippen LogP contribution in [0.25, 0.3) is 0 Å². The summed E-state index contributed by atoms with van der Waals surface area (Å²) in [5, 5.41) is 15.2. The Kier molecular flexibility index (Phi) is 1.66. The number of rotatable bonds is 1. The highest BCUT2D eigenvalue weighted by molar-refractivity contribution is 4.54. The Bertz CT molecular complexity index is 56.4. The summed E-state index contributed by atoms with van der Waals surface area (Å²) in [6.45, 7) is 0.708. The van der Waals surface area contributed by atoms with Crippen molar-refractivity contribution in [2.45, 2.75) is 19.1 Å². The van der Waals surface area contributed by atoms with Gasteiger partial charge in [0.05, 0.1) is 0 Å². The lowest BCUT2D eigenvalue weighted by Crippen LogP contribution is -2.31. The predicted octanol–water partition coefficient (Wildman–Crippen LogP) is -0.0477. The molecule has 0 aliphatic heterocycles. The van der Waals surface area contributed by atoms with Gasteiger partial charge >= 0.3 is 6.04 Å². The van der Waals surface area contributed by atoms with Crippen LogP contribution in [0.3, 0.4) is 0 Å². The minimum atomic E-state index is -3.67. The molecule has 0 rings (SSSR count). The average Bonchev–Trinajstić information content (AvgIpc) is 1.31. The summed E-state index contributed by atoms with van der Waals surface area (Å²) in [7, 11) is 0. The molecular weight excluding hydrogens is 106 g/mol. The van der Waals surface area contributed by atoms with E-state index < -0.39 is 12.2 Å². The summed E-state index contributed by atoms with van der Waals surface area (Å²) in [6.07, 6.45) is -2.26. The Morgan fingerprint density at radius 1 is 1.57 bits per heavy atom. The fraction of sp³-hybridized carbons (Fsp3) is 1.00. The van der Waals surface area contributed by atoms with Crippen LogP contribution in [0.2, 0.25) is 0 Å². The summed E-state index contributed by atoms with van der Waals surface area (Å²) in [6, 6.07) is -3.67. The molecule has 44 valence electrons. The van der Waals surface area contributed by atoms with Crippen LogP contribution >= 0.6 is 0 Å². The third kappa shape index (κ3) is 2.47. The Labute approximate surface area is 39.4 Å². The summed E-state index contributed by atoms with van der Waals surface area (Å²) in [5.41, 5.74) is 0. The molecule has 1 unspecified atom stereocenters. The molecule has 0 bridgehead atoms. The number of alkyl halides is 2. The van der Waals surface area contributed by atoms with Gasteiger partial charge in [-0.25, -0.2) is 4.39 Å². The summed E-state index contributed by atoms with van der Waals surface area (Å²) >= 11 is 0. The fourth-order valence-electron chi connectivity index (χ4n) is 0. The second kappa shape index (κ2) is 1.71. The van der Waals surface area contributed by atoms with Crippen molar-refractivity contribution >= 4 is 0 Å². The second-order valence-corrected chi connectivity index (χ2v) is 1.25. The molecule has 2 nitrogen and oxygen atoms in total. The zero-order valence-corrected chi connectivity index (χ0v) is 3.73. The van der Waals surface area contributed by atoms with Crippen molar-refractivity contribution in [2.24, 2.45) is 0 Å². The molecule has 0 fully saturated rings. The van der Waals surface area contributed by atoms with Crippen molar-refractivity contribution in [3.05, 3.63) is 0 Å². The van der Waals surface area contributed by atoms with Crippen molar-refractivity contribution in [2.75, 3.05) is 0 Å². The first-order valence-corrected chi connectivity index (χ1v) is 1.72. The quantitative estimate of drug-likeness (QED) is 0.467. The molecule has 0 radical (unpaired) electrons. The largest absolute Gasteiger partial charge is 0.347 e. The Balaban J connectivity index is 3.54. The molecule has 0 heterocycles. The van der Waals surface area contributed by atoms with E-state index >= 15 is 0 Å². The van der Waals surface area contributed by atoms with E-state index in [2.05, 4.69) is 0 Å². The van der Waals surface area contributed by atoms with Crippen molar-refractivity contribution in [3.8, 4) is 0 Å². The van der Waals surface area contributed by atoms with Gasteiger partial charge in [-0.05, 0) is 6.92 Å². The van der Waals surface area contributed by atoms with Gasteiger partial charge in [-0.15, -0.1) is 0 Å². The molecule has 1 atom stereocenters. The maximum absolute atomic E-state index is 11.3. The number of hydrogen-bond donors (Lipinski definition) is 2. The molecular formula is C3H6F2O2. The molecule has 2 N–H and O–H groups in total. The van der Waals surface area contributed by atoms with Crippen LogP contribution in [0.1, 0.15) is 6.92 Å². The maximum atomic E-state index is 11.3. The van der Waals surface area contributed by atoms with Gasteiger partial charge in [0.2, 0.25) is 0 Å². The van der Waals surface area contributed by atoms with Crippen LogP contribution in [-0.4, -0.2) is 22.4 Å². The van der Waals surface area contributed by atoms with Gasteiger partial charge in [-0.1, -0.05) is 0 Å². The Hall–Kier alpha value is -0.220. The van der Waals surface area contributed by atoms with Gasteiger partial charge in [-0.3, -0.25) is 0 Å². The van der Waals surface area contributed by atoms with Crippen LogP contribution < -0.4 is 0 Å². The van der Waals surface area contributed by atoms with E-state index in [1.54, 1.807) is 0 Å². The smallest absolute Gasteiger partial charge is 0.338 e. The lowest BCUT2D eigenvalue weighted by Gasteiger charge is -2.10. The fourth-order valence-corrected chi connectivity index (χ4v) is 0. The molecule has 0 saturated carbocycles. The van der Waals surface area contributed by atoms with E-state index in [9.17, 15) is 8.78 Å². The van der Waals surface area contributed by atoms with Crippen molar-refractivity contribution in [1.29, 1.82) is 0 Å². The Morgan fingerprint density at radius 2 is 1.71 bits per heavy atom. The van der Waals surface area contributed by atoms with Crippen molar-refractivity contribution in [3.63, 3.8) is 0 Å². The first-order chi connectivity index (χ1) is 2.94. The average molecular weight is 112 g/mol. The highest BCUT2D eigenvalue weighted by Gasteiger charge is 2.29. The van der Waals surface area contributed by atoms with Crippen molar-refractivity contribution < 1.29 is 19.0 Å². The second-order valence-electron chi connectivity index (χ2n) is 1.25. The standard InChI is InChI=1S/C3H6F2O2/c1-2(4)3(5,6)7/h2,6-7H,1H3. The lowest BCUT2D eigenvalue weighted by molar-refractivity contribution is -0.289. The summed E-state index contributed by atoms with van der Waals surface area (Å²) in [4.78, 5) is 0. The van der Waals surface area contributed by atoms with Crippen LogP contribution in [0.4, 0.5) is 8.78 Å². The van der Waals surface area contributed by atoms with Crippen LogP contribution in [0.5, 0.6) is 0 Å². The van der Waals surface area contributed by atoms with Gasteiger partial charge in [0, 0.05) is 0 Å². The van der Waals surface area contributed by atoms with E-state index in [4.69, 9.17) is 10.2 Å². The highest BCUT2D eigenvalue weighted by Crippen LogP contribution is 2.09. The molecule has 0 aliphatic rings. The van der Waals surface area contributed by atoms with E-state index in [1.807, 2.05) is 0 Å². The molecule has 0 aromatic rings. The highest BCUT2D eigenvalue weighted by atomic mass is 19.2. The molecule has 0 saturated heterocycles. The maximum Gasteiger partial charge on any atom is 0.347 e. The van der Waals surface area contributed by atoms with Crippen LogP contribution in [0.15, 0.2) is 0 Å². The first kappa shape index (κ1) is 6.78. The van der Waals surface area contributed by atoms with E-state index in [1.165, 1.54) is 0 Å². The Morgan fingerprint density at radius 3 is 1.71 bits per heavy atom. The van der Waals surface area contributed by atoms with Gasteiger partial charge in [0.15, 0.2) is 6.17 Å². The number of aliphatic hydroxyl groups is 2. The predicted molar refractivity (Wildman–Crippen MR) is 18.8 cm³/mol. The SMILES string of the molecule is CC(F)C(O)(O)F. The number of halogens is 2. The molecule has 0 aromatic heterocycles. The zero-order chi connectivity index (χ0) is 6.08. The molecule has 7 heavy (non-hydrogen) atoms. The van der Waals surface area contributed by atoms with Gasteiger partial charge in [0.1, 0.15) is 0 Å². The molecule has 0 spiro atoms. The summed E-state index contributed by atoms with van der Waals surface area (Å²) in [5.74, 6) is 0. The summed E-state index contributed by atoms with van der Waals surface area (Å²) < 4.78 is 22.6. The minimum Gasteiger partial charge on any atom is -0.338 e. The molecule has 4 heteroatoms. The molecule has 0 aliphatic carbocycles. The minimum absolute atomic E-state index is 0.708. The monoisotopic (exact) mass is 112 g/mol. The lowest BCUT2D eigenvalue weighted by atomic mass is 10.4. The van der Waals surface area contributed by atoms with Crippen molar-refractivity contribution in [1.82, 2.24) is 0 Å². The first-order valence-electron chi connectivity index (χ1n) is 1.72. The zero-order valence-electron chi connectivity index (χ0n) is 3.73. The third-order valence-electron chi connectivity index (χ3n) is 0.506. The van der Waals surface area contributed by atoms with Gasteiger partial charge < -0.3 is 10.2 Å². The van der Waals surface area contributed by atoms with E-state index in [0.29, 0.717) is 6.92 Å². The molecule has 0 amide bonds. The topological polar surface area (TPSA) is 40.5 Å². The third-order valence-corrected chi connectivity index (χ3v) is 0.506. The van der Waals surface area contributed by atoms with Gasteiger partial charge in [0.25, 0.3) is 0 Å².